The van der Waals surface area contributed by atoms with Crippen LogP contribution in [-0.2, 0) is 21.2 Å². The second kappa shape index (κ2) is 6.86. The zero-order valence-corrected chi connectivity index (χ0v) is 15.3. The van der Waals surface area contributed by atoms with E-state index in [1.54, 1.807) is 13.1 Å². The Labute approximate surface area is 152 Å². The molecule has 0 fully saturated rings. The van der Waals surface area contributed by atoms with Crippen LogP contribution in [-0.4, -0.2) is 19.3 Å². The molecule has 0 atom stereocenters. The number of carbonyl (C=O) groups is 1. The van der Waals surface area contributed by atoms with E-state index in [0.717, 1.165) is 27.6 Å². The number of carbonyl (C=O) groups excluding carboxylic acids is 1. The summed E-state index contributed by atoms with van der Waals surface area (Å²) >= 11 is 0. The van der Waals surface area contributed by atoms with Crippen molar-refractivity contribution in [3.8, 4) is 0 Å². The number of fused-ring (bicyclic) bond motifs is 1. The number of primary sulfonamides is 1. The van der Waals surface area contributed by atoms with E-state index in [2.05, 4.69) is 10.3 Å². The molecule has 3 rings (SSSR count). The second-order valence-electron chi connectivity index (χ2n) is 6.17. The van der Waals surface area contributed by atoms with Gasteiger partial charge in [0, 0.05) is 17.3 Å². The number of rotatable bonds is 4. The maximum absolute atomic E-state index is 12.5. The fourth-order valence-corrected chi connectivity index (χ4v) is 3.42. The van der Waals surface area contributed by atoms with Crippen LogP contribution in [0.15, 0.2) is 53.6 Å². The van der Waals surface area contributed by atoms with Gasteiger partial charge in [0.25, 0.3) is 0 Å². The van der Waals surface area contributed by atoms with Gasteiger partial charge in [-0.3, -0.25) is 9.78 Å². The lowest BCUT2D eigenvalue weighted by atomic mass is 10.1. The van der Waals surface area contributed by atoms with E-state index in [4.69, 9.17) is 5.14 Å². The zero-order valence-electron chi connectivity index (χ0n) is 14.5. The lowest BCUT2D eigenvalue weighted by Crippen LogP contribution is -2.18. The molecule has 6 nitrogen and oxygen atoms in total. The van der Waals surface area contributed by atoms with Crippen LogP contribution in [0.1, 0.15) is 16.7 Å². The first-order chi connectivity index (χ1) is 12.3. The number of aryl methyl sites for hydroxylation is 1. The first-order valence-electron chi connectivity index (χ1n) is 8.02. The Morgan fingerprint density at radius 3 is 2.62 bits per heavy atom. The molecule has 26 heavy (non-hydrogen) atoms. The van der Waals surface area contributed by atoms with Gasteiger partial charge in [-0.2, -0.15) is 0 Å². The second-order valence-corrected chi connectivity index (χ2v) is 7.74. The lowest BCUT2D eigenvalue weighted by molar-refractivity contribution is -0.115. The van der Waals surface area contributed by atoms with Crippen LogP contribution in [0.3, 0.4) is 0 Å². The Hall–Kier alpha value is -2.77. The topological polar surface area (TPSA) is 102 Å². The molecule has 0 saturated heterocycles. The van der Waals surface area contributed by atoms with Gasteiger partial charge in [0.1, 0.15) is 0 Å². The van der Waals surface area contributed by atoms with E-state index >= 15 is 0 Å². The van der Waals surface area contributed by atoms with Crippen LogP contribution in [0.5, 0.6) is 0 Å². The summed E-state index contributed by atoms with van der Waals surface area (Å²) in [5, 5.41) is 8.96. The van der Waals surface area contributed by atoms with Crippen LogP contribution >= 0.6 is 0 Å². The average Bonchev–Trinajstić information content (AvgIpc) is 2.58. The van der Waals surface area contributed by atoms with E-state index in [1.165, 1.54) is 12.1 Å². The number of aromatic nitrogens is 1. The van der Waals surface area contributed by atoms with Crippen molar-refractivity contribution in [3.05, 3.63) is 65.4 Å². The summed E-state index contributed by atoms with van der Waals surface area (Å²) < 4.78 is 23.3. The molecular weight excluding hydrogens is 350 g/mol. The minimum atomic E-state index is -3.85. The van der Waals surface area contributed by atoms with Gasteiger partial charge in [-0.1, -0.05) is 24.3 Å². The largest absolute Gasteiger partial charge is 0.326 e. The number of anilines is 1. The van der Waals surface area contributed by atoms with Gasteiger partial charge in [-0.25, -0.2) is 13.6 Å². The molecular formula is C19H19N3O3S. The molecule has 1 amide bonds. The maximum Gasteiger partial charge on any atom is 0.238 e. The highest BCUT2D eigenvalue weighted by Crippen LogP contribution is 2.24. The Kier molecular flexibility index (Phi) is 4.76. The predicted octanol–water partition coefficient (Wildman–Crippen LogP) is 2.68. The third-order valence-corrected chi connectivity index (χ3v) is 5.20. The monoisotopic (exact) mass is 369 g/mol. The number of sulfonamides is 1. The molecule has 0 spiro atoms. The smallest absolute Gasteiger partial charge is 0.238 e. The molecule has 0 aliphatic carbocycles. The van der Waals surface area contributed by atoms with E-state index in [9.17, 15) is 13.2 Å². The third kappa shape index (κ3) is 3.74. The number of hydrogen-bond acceptors (Lipinski definition) is 4. The van der Waals surface area contributed by atoms with Gasteiger partial charge in [0.05, 0.1) is 16.8 Å². The fraction of sp³-hybridized carbons (Fsp3) is 0.158. The molecule has 0 radical (unpaired) electrons. The first kappa shape index (κ1) is 18.0. The summed E-state index contributed by atoms with van der Waals surface area (Å²) in [7, 11) is -3.85. The van der Waals surface area contributed by atoms with E-state index in [0.29, 0.717) is 5.69 Å². The van der Waals surface area contributed by atoms with Crippen LogP contribution < -0.4 is 10.5 Å². The highest BCUT2D eigenvalue weighted by molar-refractivity contribution is 7.89. The first-order valence-corrected chi connectivity index (χ1v) is 9.57. The molecule has 3 N–H and O–H groups in total. The molecule has 1 heterocycles. The van der Waals surface area contributed by atoms with Crippen molar-refractivity contribution in [1.29, 1.82) is 0 Å². The number of benzene rings is 2. The van der Waals surface area contributed by atoms with Crippen LogP contribution in [0.2, 0.25) is 0 Å². The van der Waals surface area contributed by atoms with Crippen LogP contribution in [0, 0.1) is 13.8 Å². The maximum atomic E-state index is 12.5. The number of nitrogens with two attached hydrogens (primary N) is 1. The highest BCUT2D eigenvalue weighted by Gasteiger charge is 2.15. The molecule has 0 saturated carbocycles. The molecule has 0 unspecified atom stereocenters. The number of amides is 1. The lowest BCUT2D eigenvalue weighted by Gasteiger charge is -2.13. The molecule has 0 bridgehead atoms. The van der Waals surface area contributed by atoms with Crippen molar-refractivity contribution in [2.24, 2.45) is 5.14 Å². The van der Waals surface area contributed by atoms with Crippen LogP contribution in [0.25, 0.3) is 10.9 Å². The summed E-state index contributed by atoms with van der Waals surface area (Å²) in [6, 6.07) is 12.3. The molecule has 3 aromatic rings. The van der Waals surface area contributed by atoms with Crippen molar-refractivity contribution < 1.29 is 13.2 Å². The quantitative estimate of drug-likeness (QED) is 0.738. The number of para-hydroxylation sites is 1. The number of nitrogens with zero attached hydrogens (tertiary/aromatic N) is 1. The third-order valence-electron chi connectivity index (χ3n) is 4.31. The summed E-state index contributed by atoms with van der Waals surface area (Å²) in [6.45, 7) is 3.59. The van der Waals surface area contributed by atoms with Crippen molar-refractivity contribution in [2.45, 2.75) is 25.2 Å². The van der Waals surface area contributed by atoms with Gasteiger partial charge in [-0.15, -0.1) is 0 Å². The van der Waals surface area contributed by atoms with Crippen molar-refractivity contribution in [2.75, 3.05) is 5.32 Å². The fourth-order valence-electron chi connectivity index (χ4n) is 2.80. The van der Waals surface area contributed by atoms with Gasteiger partial charge in [0.15, 0.2) is 0 Å². The Bertz CT molecular complexity index is 1100. The van der Waals surface area contributed by atoms with Gasteiger partial charge in [-0.05, 0) is 48.7 Å². The summed E-state index contributed by atoms with van der Waals surface area (Å²) in [5.74, 6) is -0.253. The Morgan fingerprint density at radius 2 is 1.88 bits per heavy atom. The normalized spacial score (nSPS) is 11.5. The molecule has 0 aliphatic rings. The summed E-state index contributed by atoms with van der Waals surface area (Å²) in [5.41, 5.74) is 3.54. The molecule has 7 heteroatoms. The molecule has 0 aliphatic heterocycles. The van der Waals surface area contributed by atoms with Crippen molar-refractivity contribution in [3.63, 3.8) is 0 Å². The van der Waals surface area contributed by atoms with E-state index in [1.807, 2.05) is 37.3 Å². The number of pyridine rings is 1. The number of hydrogen-bond donors (Lipinski definition) is 2. The minimum Gasteiger partial charge on any atom is -0.326 e. The highest BCUT2D eigenvalue weighted by atomic mass is 32.2. The summed E-state index contributed by atoms with van der Waals surface area (Å²) in [4.78, 5) is 16.8. The predicted molar refractivity (Wildman–Crippen MR) is 101 cm³/mol. The molecule has 2 aromatic carbocycles. The van der Waals surface area contributed by atoms with E-state index in [-0.39, 0.29) is 17.2 Å². The Balaban J connectivity index is 1.90. The van der Waals surface area contributed by atoms with Crippen molar-refractivity contribution in [1.82, 2.24) is 4.98 Å². The van der Waals surface area contributed by atoms with Gasteiger partial charge in [0.2, 0.25) is 15.9 Å². The van der Waals surface area contributed by atoms with Crippen LogP contribution in [0.4, 0.5) is 5.69 Å². The van der Waals surface area contributed by atoms with E-state index < -0.39 is 10.0 Å². The average molecular weight is 369 g/mol. The van der Waals surface area contributed by atoms with Gasteiger partial charge >= 0.3 is 0 Å². The van der Waals surface area contributed by atoms with Crippen molar-refractivity contribution >= 4 is 32.5 Å². The minimum absolute atomic E-state index is 0.0253. The molecule has 1 aromatic heterocycles. The Morgan fingerprint density at radius 1 is 1.15 bits per heavy atom. The zero-order chi connectivity index (χ0) is 18.9. The number of nitrogens with one attached hydrogen (secondary N) is 1. The van der Waals surface area contributed by atoms with Gasteiger partial charge < -0.3 is 5.32 Å². The standard InChI is InChI=1S/C19H19N3O3S/c1-12-9-16(26(20,24)25)11-17(13(12)2)22-18(23)10-15-6-3-5-14-7-4-8-21-19(14)15/h3-9,11H,10H2,1-2H3,(H,22,23)(H2,20,24,25). The summed E-state index contributed by atoms with van der Waals surface area (Å²) in [6.07, 6.45) is 1.82. The SMILES string of the molecule is Cc1cc(S(N)(=O)=O)cc(NC(=O)Cc2cccc3cccnc23)c1C. The molecule has 134 valence electrons.